The number of aryl methyl sites for hydroxylation is 3. The van der Waals surface area contributed by atoms with Crippen molar-refractivity contribution in [1.82, 2.24) is 24.3 Å². The fourth-order valence-corrected chi connectivity index (χ4v) is 3.87. The summed E-state index contributed by atoms with van der Waals surface area (Å²) in [7, 11) is 4.10. The Morgan fingerprint density at radius 1 is 1.12 bits per heavy atom. The van der Waals surface area contributed by atoms with Crippen LogP contribution < -0.4 is 0 Å². The standard InChI is InChI=1S/C20H19N5/c1-4-15-17-19-14(11-22-25(19)3)10-21-20(17)23-18(15)13-5-6-16-12(9-13)7-8-24(16)2/h5-11,22H,4H2,1-3H3. The molecule has 0 fully saturated rings. The number of fused-ring (bicyclic) bond motifs is 4. The lowest BCUT2D eigenvalue weighted by Crippen LogP contribution is -1.92. The highest BCUT2D eigenvalue weighted by molar-refractivity contribution is 6.07. The number of benzene rings is 1. The zero-order valence-electron chi connectivity index (χ0n) is 14.5. The molecule has 0 spiro atoms. The highest BCUT2D eigenvalue weighted by atomic mass is 15.2. The molecule has 0 saturated carbocycles. The Morgan fingerprint density at radius 3 is 2.84 bits per heavy atom. The highest BCUT2D eigenvalue weighted by Gasteiger charge is 2.18. The number of nitrogens with one attached hydrogen (secondary N) is 1. The van der Waals surface area contributed by atoms with Crippen molar-refractivity contribution in [2.45, 2.75) is 13.3 Å². The van der Waals surface area contributed by atoms with Crippen LogP contribution in [-0.4, -0.2) is 24.3 Å². The lowest BCUT2D eigenvalue weighted by atomic mass is 10.0. The summed E-state index contributed by atoms with van der Waals surface area (Å²) in [6.45, 7) is 2.19. The fraction of sp³-hybridized carbons (Fsp3) is 0.200. The first-order valence-corrected chi connectivity index (χ1v) is 8.54. The maximum Gasteiger partial charge on any atom is 0.162 e. The van der Waals surface area contributed by atoms with Gasteiger partial charge in [-0.2, -0.15) is 0 Å². The zero-order valence-corrected chi connectivity index (χ0v) is 14.5. The number of hydrogen-bond donors (Lipinski definition) is 1. The minimum atomic E-state index is 0.822. The van der Waals surface area contributed by atoms with E-state index in [9.17, 15) is 0 Å². The van der Waals surface area contributed by atoms with Crippen molar-refractivity contribution in [3.8, 4) is 11.3 Å². The van der Waals surface area contributed by atoms with Crippen molar-refractivity contribution < 1.29 is 0 Å². The maximum absolute atomic E-state index is 4.89. The third kappa shape index (κ3) is 1.89. The Balaban J connectivity index is 1.85. The number of hydrogen-bond acceptors (Lipinski definition) is 2. The van der Waals surface area contributed by atoms with Crippen LogP contribution in [0.1, 0.15) is 12.5 Å². The lowest BCUT2D eigenvalue weighted by Gasteiger charge is -2.04. The number of H-pyrrole nitrogens is 1. The summed E-state index contributed by atoms with van der Waals surface area (Å²) in [6.07, 6.45) is 6.90. The fourth-order valence-electron chi connectivity index (χ4n) is 3.87. The Morgan fingerprint density at radius 2 is 2.00 bits per heavy atom. The predicted molar refractivity (Wildman–Crippen MR) is 102 cm³/mol. The molecule has 0 aliphatic rings. The van der Waals surface area contributed by atoms with Gasteiger partial charge in [-0.1, -0.05) is 13.0 Å². The highest BCUT2D eigenvalue weighted by Crippen LogP contribution is 2.35. The van der Waals surface area contributed by atoms with Gasteiger partial charge in [0.2, 0.25) is 0 Å². The second kappa shape index (κ2) is 4.96. The summed E-state index contributed by atoms with van der Waals surface area (Å²) in [5.74, 6) is 0. The Hall–Kier alpha value is -3.08. The molecule has 0 radical (unpaired) electrons. The first-order chi connectivity index (χ1) is 12.2. The molecule has 0 aliphatic heterocycles. The van der Waals surface area contributed by atoms with E-state index in [1.165, 1.54) is 22.0 Å². The van der Waals surface area contributed by atoms with E-state index in [4.69, 9.17) is 4.98 Å². The molecule has 5 aromatic rings. The average Bonchev–Trinajstić information content (AvgIpc) is 3.29. The first-order valence-electron chi connectivity index (χ1n) is 8.54. The second-order valence-corrected chi connectivity index (χ2v) is 6.59. The summed E-state index contributed by atoms with van der Waals surface area (Å²) in [5.41, 5.74) is 6.68. The maximum atomic E-state index is 4.89. The molecule has 0 bridgehead atoms. The van der Waals surface area contributed by atoms with Gasteiger partial charge in [0.25, 0.3) is 0 Å². The van der Waals surface area contributed by atoms with Crippen molar-refractivity contribution in [3.05, 3.63) is 48.4 Å². The number of nitrogens with zero attached hydrogens (tertiary/aromatic N) is 4. The summed E-state index contributed by atoms with van der Waals surface area (Å²) in [4.78, 5) is 9.49. The van der Waals surface area contributed by atoms with E-state index in [-0.39, 0.29) is 0 Å². The van der Waals surface area contributed by atoms with Gasteiger partial charge in [-0.3, -0.25) is 4.68 Å². The van der Waals surface area contributed by atoms with Crippen molar-refractivity contribution in [3.63, 3.8) is 0 Å². The summed E-state index contributed by atoms with van der Waals surface area (Å²) < 4.78 is 4.18. The van der Waals surface area contributed by atoms with Gasteiger partial charge in [0.05, 0.1) is 16.6 Å². The number of pyridine rings is 1. The minimum absolute atomic E-state index is 0.822. The molecule has 1 N–H and O–H groups in total. The molecule has 0 amide bonds. The van der Waals surface area contributed by atoms with Gasteiger partial charge in [-0.05, 0) is 30.2 Å². The van der Waals surface area contributed by atoms with Crippen LogP contribution in [0.5, 0.6) is 0 Å². The van der Waals surface area contributed by atoms with Crippen LogP contribution in [0.3, 0.4) is 0 Å². The Bertz CT molecular complexity index is 1250. The third-order valence-electron chi connectivity index (χ3n) is 5.13. The van der Waals surface area contributed by atoms with Crippen LogP contribution in [0.25, 0.3) is 44.1 Å². The van der Waals surface area contributed by atoms with Crippen LogP contribution in [0.2, 0.25) is 0 Å². The van der Waals surface area contributed by atoms with Crippen molar-refractivity contribution in [2.75, 3.05) is 0 Å². The zero-order chi connectivity index (χ0) is 17.1. The molecule has 5 heteroatoms. The predicted octanol–water partition coefficient (Wildman–Crippen LogP) is 4.17. The lowest BCUT2D eigenvalue weighted by molar-refractivity contribution is 0.799. The topological polar surface area (TPSA) is 51.4 Å². The SMILES string of the molecule is CCc1c(-c2ccc3c(ccn3C)c2)nc2ncc3c[nH]n(C)c3c12. The van der Waals surface area contributed by atoms with Crippen LogP contribution >= 0.6 is 0 Å². The molecule has 4 heterocycles. The Kier molecular flexibility index (Phi) is 2.83. The van der Waals surface area contributed by atoms with E-state index in [0.29, 0.717) is 0 Å². The molecule has 0 saturated heterocycles. The second-order valence-electron chi connectivity index (χ2n) is 6.59. The summed E-state index contributed by atoms with van der Waals surface area (Å²) in [6, 6.07) is 8.71. The van der Waals surface area contributed by atoms with E-state index in [2.05, 4.69) is 59.1 Å². The van der Waals surface area contributed by atoms with Crippen LogP contribution in [0, 0.1) is 0 Å². The summed E-state index contributed by atoms with van der Waals surface area (Å²) >= 11 is 0. The normalized spacial score (nSPS) is 12.0. The molecular formula is C20H19N5. The van der Waals surface area contributed by atoms with Crippen molar-refractivity contribution in [1.29, 1.82) is 0 Å². The smallest absolute Gasteiger partial charge is 0.162 e. The van der Waals surface area contributed by atoms with Gasteiger partial charge >= 0.3 is 0 Å². The molecule has 124 valence electrons. The van der Waals surface area contributed by atoms with Gasteiger partial charge in [-0.25, -0.2) is 9.97 Å². The van der Waals surface area contributed by atoms with Gasteiger partial charge in [0.15, 0.2) is 5.65 Å². The average molecular weight is 329 g/mol. The van der Waals surface area contributed by atoms with E-state index < -0.39 is 0 Å². The first kappa shape index (κ1) is 14.3. The van der Waals surface area contributed by atoms with E-state index in [1.807, 2.05) is 24.1 Å². The molecule has 0 aliphatic carbocycles. The number of aromatic nitrogens is 5. The minimum Gasteiger partial charge on any atom is -0.351 e. The van der Waals surface area contributed by atoms with Crippen LogP contribution in [-0.2, 0) is 20.5 Å². The van der Waals surface area contributed by atoms with Crippen LogP contribution in [0.15, 0.2) is 42.9 Å². The van der Waals surface area contributed by atoms with Crippen molar-refractivity contribution in [2.24, 2.45) is 14.1 Å². The van der Waals surface area contributed by atoms with Gasteiger partial charge in [0.1, 0.15) is 0 Å². The van der Waals surface area contributed by atoms with Crippen LogP contribution in [0.4, 0.5) is 0 Å². The monoisotopic (exact) mass is 329 g/mol. The molecule has 1 aromatic carbocycles. The number of rotatable bonds is 2. The van der Waals surface area contributed by atoms with E-state index in [1.54, 1.807) is 0 Å². The number of aromatic amines is 1. The van der Waals surface area contributed by atoms with Gasteiger partial charge in [-0.15, -0.1) is 0 Å². The van der Waals surface area contributed by atoms with Gasteiger partial charge < -0.3 is 9.67 Å². The van der Waals surface area contributed by atoms with E-state index >= 15 is 0 Å². The molecule has 4 aromatic heterocycles. The van der Waals surface area contributed by atoms with Crippen molar-refractivity contribution >= 4 is 32.8 Å². The largest absolute Gasteiger partial charge is 0.351 e. The van der Waals surface area contributed by atoms with E-state index in [0.717, 1.165) is 34.1 Å². The molecule has 5 nitrogen and oxygen atoms in total. The Labute approximate surface area is 144 Å². The molecule has 25 heavy (non-hydrogen) atoms. The molecule has 0 unspecified atom stereocenters. The van der Waals surface area contributed by atoms with Gasteiger partial charge in [0, 0.05) is 54.5 Å². The third-order valence-corrected chi connectivity index (χ3v) is 5.13. The molecule has 5 rings (SSSR count). The summed E-state index contributed by atoms with van der Waals surface area (Å²) in [5, 5.41) is 6.75. The quantitative estimate of drug-likeness (QED) is 0.528. The molecular weight excluding hydrogens is 310 g/mol. The molecule has 0 atom stereocenters.